The first-order chi connectivity index (χ1) is 4.45. The molecule has 13 heteroatoms. The van der Waals surface area contributed by atoms with Gasteiger partial charge in [0.1, 0.15) is 0 Å². The molecule has 0 radical (unpaired) electrons. The van der Waals surface area contributed by atoms with E-state index >= 15 is 0 Å². The number of halogens is 10. The van der Waals surface area contributed by atoms with Crippen LogP contribution in [0.25, 0.3) is 0 Å². The van der Waals surface area contributed by atoms with Gasteiger partial charge in [0.15, 0.2) is 0 Å². The van der Waals surface area contributed by atoms with Crippen molar-refractivity contribution in [3.8, 4) is 0 Å². The van der Waals surface area contributed by atoms with Crippen LogP contribution in [0, 0.1) is 0 Å². The average molecular weight is 272 g/mol. The van der Waals surface area contributed by atoms with Crippen LogP contribution < -0.4 is 51.4 Å². The fourth-order valence-electron chi connectivity index (χ4n) is 0. The second-order valence-corrected chi connectivity index (χ2v) is 3.37. The third kappa shape index (κ3) is 857. The molecule has 0 bridgehead atoms. The van der Waals surface area contributed by atoms with Crippen molar-refractivity contribution in [2.24, 2.45) is 0 Å². The van der Waals surface area contributed by atoms with Crippen LogP contribution in [0.1, 0.15) is 1.43 Å². The monoisotopic (exact) mass is 272 g/mol. The van der Waals surface area contributed by atoms with Crippen LogP contribution in [-0.4, -0.2) is 7.25 Å². The van der Waals surface area contributed by atoms with Gasteiger partial charge in [0.05, 0.1) is 0 Å². The van der Waals surface area contributed by atoms with Gasteiger partial charge in [-0.3, -0.25) is 0 Å². The van der Waals surface area contributed by atoms with Gasteiger partial charge in [-0.25, -0.2) is 0 Å². The summed E-state index contributed by atoms with van der Waals surface area (Å²) in [5, 5.41) is 0. The SMILES string of the molecule is F[B-](F)(F)F.F[P-](F)(F)(F)(F)F.[H+].[K+]. The van der Waals surface area contributed by atoms with Gasteiger partial charge in [0, 0.05) is 0 Å². The minimum absolute atomic E-state index is 0. The minimum atomic E-state index is -10.7. The predicted octanol–water partition coefficient (Wildman–Crippen LogP) is 1.80. The Labute approximate surface area is 109 Å². The largest absolute Gasteiger partial charge is 1.00 e. The Morgan fingerprint density at radius 1 is 0.692 bits per heavy atom. The molecule has 0 heterocycles. The third-order valence-corrected chi connectivity index (χ3v) is 0. The summed E-state index contributed by atoms with van der Waals surface area (Å²) < 4.78 is 98.2. The molecule has 0 rings (SSSR count). The summed E-state index contributed by atoms with van der Waals surface area (Å²) in [5.41, 5.74) is 0. The van der Waals surface area contributed by atoms with Gasteiger partial charge in [0.25, 0.3) is 0 Å². The van der Waals surface area contributed by atoms with Crippen molar-refractivity contribution in [2.75, 3.05) is 0 Å². The molecular formula is HBF10KP. The molecule has 0 amide bonds. The van der Waals surface area contributed by atoms with Gasteiger partial charge in [-0.05, 0) is 0 Å². The molecule has 80 valence electrons. The minimum Gasteiger partial charge on any atom is 1.00 e. The summed E-state index contributed by atoms with van der Waals surface area (Å²) in [6, 6.07) is 0. The zero-order chi connectivity index (χ0) is 10.9. The molecule has 0 aliphatic rings. The molecule has 0 aromatic rings. The molecule has 0 aromatic carbocycles. The van der Waals surface area contributed by atoms with E-state index in [-0.39, 0.29) is 52.8 Å². The van der Waals surface area contributed by atoms with E-state index in [1.807, 2.05) is 0 Å². The first-order valence-electron chi connectivity index (χ1n) is 1.89. The molecule has 0 unspecified atom stereocenters. The van der Waals surface area contributed by atoms with E-state index in [0.29, 0.717) is 0 Å². The van der Waals surface area contributed by atoms with Crippen LogP contribution in [0.4, 0.5) is 42.4 Å². The van der Waals surface area contributed by atoms with Gasteiger partial charge in [-0.1, -0.05) is 0 Å². The van der Waals surface area contributed by atoms with Crippen LogP contribution in [0.3, 0.4) is 0 Å². The van der Waals surface area contributed by atoms with Crippen molar-refractivity contribution < 1.29 is 95.3 Å². The fraction of sp³-hybridized carbons (Fsp3) is 0. The summed E-state index contributed by atoms with van der Waals surface area (Å²) in [7, 11) is -16.7. The van der Waals surface area contributed by atoms with E-state index < -0.39 is 15.1 Å². The van der Waals surface area contributed by atoms with Crippen molar-refractivity contribution in [2.45, 2.75) is 0 Å². The van der Waals surface area contributed by atoms with Gasteiger partial charge in [-0.15, -0.1) is 0 Å². The third-order valence-electron chi connectivity index (χ3n) is 0. The maximum atomic E-state index is 9.87. The van der Waals surface area contributed by atoms with Crippen LogP contribution in [0.5, 0.6) is 0 Å². The van der Waals surface area contributed by atoms with Crippen LogP contribution in [-0.2, 0) is 0 Å². The van der Waals surface area contributed by atoms with Gasteiger partial charge < -0.3 is 17.3 Å². The Balaban J connectivity index is -0.0000000651. The molecule has 0 aliphatic heterocycles. The molecule has 0 spiro atoms. The average Bonchev–Trinajstić information content (AvgIpc) is 1.04. The molecule has 0 nitrogen and oxygen atoms in total. The second-order valence-electron chi connectivity index (χ2n) is 1.45. The van der Waals surface area contributed by atoms with Crippen LogP contribution in [0.15, 0.2) is 0 Å². The maximum absolute atomic E-state index is 10.7. The van der Waals surface area contributed by atoms with Crippen molar-refractivity contribution in [3.05, 3.63) is 0 Å². The Morgan fingerprint density at radius 3 is 0.692 bits per heavy atom. The smallest absolute Gasteiger partial charge is 1.00 e. The van der Waals surface area contributed by atoms with Crippen LogP contribution >= 0.6 is 7.81 Å². The molecule has 0 saturated heterocycles. The van der Waals surface area contributed by atoms with Crippen LogP contribution in [0.2, 0.25) is 0 Å². The molecule has 0 fully saturated rings. The van der Waals surface area contributed by atoms with E-state index in [9.17, 15) is 42.4 Å². The van der Waals surface area contributed by atoms with E-state index in [2.05, 4.69) is 0 Å². The fourth-order valence-corrected chi connectivity index (χ4v) is 0. The maximum Gasteiger partial charge on any atom is 1.00 e. The Bertz CT molecular complexity index is 130. The number of hydrogen-bond donors (Lipinski definition) is 0. The molecule has 0 aromatic heterocycles. The molecule has 0 saturated carbocycles. The summed E-state index contributed by atoms with van der Waals surface area (Å²) in [6.07, 6.45) is 0. The Morgan fingerprint density at radius 2 is 0.692 bits per heavy atom. The second kappa shape index (κ2) is 4.13. The van der Waals surface area contributed by atoms with Gasteiger partial charge in [0.2, 0.25) is 0 Å². The Kier molecular flexibility index (Phi) is 6.32. The zero-order valence-corrected chi connectivity index (χ0v) is 9.82. The molecule has 0 aliphatic carbocycles. The van der Waals surface area contributed by atoms with Crippen molar-refractivity contribution in [3.63, 3.8) is 0 Å². The standard InChI is InChI=1S/BF4.F6P.K/c2-1(3,4)5;1-7(2,3,4,5)6;/q2*-1;+1/p+1. The Hall–Kier alpha value is 1.43. The van der Waals surface area contributed by atoms with E-state index in [0.717, 1.165) is 0 Å². The molecule has 0 atom stereocenters. The van der Waals surface area contributed by atoms with E-state index in [1.165, 1.54) is 0 Å². The molecule has 13 heavy (non-hydrogen) atoms. The van der Waals surface area contributed by atoms with Crippen molar-refractivity contribution >= 4 is 15.1 Å². The number of hydrogen-bond acceptors (Lipinski definition) is 0. The van der Waals surface area contributed by atoms with E-state index in [1.54, 1.807) is 0 Å². The zero-order valence-electron chi connectivity index (χ0n) is 6.80. The molecular weight excluding hydrogens is 271 g/mol. The van der Waals surface area contributed by atoms with Crippen molar-refractivity contribution in [1.82, 2.24) is 0 Å². The van der Waals surface area contributed by atoms with Gasteiger partial charge >= 0.3 is 93.1 Å². The van der Waals surface area contributed by atoms with Crippen molar-refractivity contribution in [1.29, 1.82) is 0 Å². The molecule has 0 N–H and O–H groups in total. The summed E-state index contributed by atoms with van der Waals surface area (Å²) in [6.45, 7) is 0. The van der Waals surface area contributed by atoms with Gasteiger partial charge in [-0.2, -0.15) is 0 Å². The first kappa shape index (κ1) is 19.9. The predicted molar refractivity (Wildman–Crippen MR) is 24.9 cm³/mol. The summed E-state index contributed by atoms with van der Waals surface area (Å²) in [5.74, 6) is 0. The quantitative estimate of drug-likeness (QED) is 0.358. The summed E-state index contributed by atoms with van der Waals surface area (Å²) >= 11 is 0. The topological polar surface area (TPSA) is 0 Å². The number of rotatable bonds is 0. The van der Waals surface area contributed by atoms with E-state index in [4.69, 9.17) is 0 Å². The first-order valence-corrected chi connectivity index (χ1v) is 3.92. The summed E-state index contributed by atoms with van der Waals surface area (Å²) in [4.78, 5) is 0. The normalized spacial score (nSPS) is 17.1.